The van der Waals surface area contributed by atoms with Gasteiger partial charge in [-0.3, -0.25) is 10.1 Å². The van der Waals surface area contributed by atoms with Crippen molar-refractivity contribution in [2.75, 3.05) is 6.61 Å². The number of rotatable bonds is 4. The second kappa shape index (κ2) is 5.98. The number of nitrogens with zero attached hydrogens (tertiary/aromatic N) is 1. The van der Waals surface area contributed by atoms with E-state index in [1.165, 1.54) is 0 Å². The fourth-order valence-corrected chi connectivity index (χ4v) is 1.27. The predicted molar refractivity (Wildman–Crippen MR) is 59.3 cm³/mol. The summed E-state index contributed by atoms with van der Waals surface area (Å²) in [5.74, 6) is -4.69. The van der Waals surface area contributed by atoms with Crippen LogP contribution in [0.5, 0.6) is 0 Å². The SMILES string of the molecule is Cl.N[C@@H](c1cc(F)ccc1[N+](=O)[O-])C(F)(F)CO. The second-order valence-electron chi connectivity index (χ2n) is 3.36. The zero-order chi connectivity index (χ0) is 13.2. The maximum Gasteiger partial charge on any atom is 0.289 e. The molecule has 1 aromatic carbocycles. The van der Waals surface area contributed by atoms with Crippen molar-refractivity contribution < 1.29 is 23.2 Å². The molecular formula is C9H10ClF3N2O3. The van der Waals surface area contributed by atoms with E-state index in [0.717, 1.165) is 12.1 Å². The van der Waals surface area contributed by atoms with Crippen LogP contribution in [0.1, 0.15) is 11.6 Å². The minimum atomic E-state index is -3.77. The van der Waals surface area contributed by atoms with Crippen LogP contribution in [0.2, 0.25) is 0 Å². The van der Waals surface area contributed by atoms with Gasteiger partial charge in [-0.1, -0.05) is 0 Å². The van der Waals surface area contributed by atoms with E-state index < -0.39 is 40.6 Å². The van der Waals surface area contributed by atoms with E-state index in [9.17, 15) is 23.3 Å². The number of nitro groups is 1. The van der Waals surface area contributed by atoms with Gasteiger partial charge in [0.05, 0.1) is 10.5 Å². The smallest absolute Gasteiger partial charge is 0.289 e. The number of aliphatic hydroxyl groups is 1. The van der Waals surface area contributed by atoms with Crippen molar-refractivity contribution in [1.29, 1.82) is 0 Å². The fourth-order valence-electron chi connectivity index (χ4n) is 1.27. The van der Waals surface area contributed by atoms with Gasteiger partial charge in [-0.05, 0) is 12.1 Å². The standard InChI is InChI=1S/C9H9F3N2O3.ClH/c10-5-1-2-7(14(16)17)6(3-5)8(13)9(11,12)4-15;/h1-3,8,15H,4,13H2;1H/t8-;/m0./s1. The van der Waals surface area contributed by atoms with Crippen molar-refractivity contribution >= 4 is 18.1 Å². The zero-order valence-corrected chi connectivity index (χ0v) is 9.66. The number of nitro benzene ring substituents is 1. The normalized spacial score (nSPS) is 12.7. The van der Waals surface area contributed by atoms with E-state index in [1.807, 2.05) is 0 Å². The first-order chi connectivity index (χ1) is 7.79. The van der Waals surface area contributed by atoms with E-state index in [4.69, 9.17) is 10.8 Å². The van der Waals surface area contributed by atoms with Crippen LogP contribution < -0.4 is 5.73 Å². The maximum absolute atomic E-state index is 13.1. The fraction of sp³-hybridized carbons (Fsp3) is 0.333. The second-order valence-corrected chi connectivity index (χ2v) is 3.36. The number of aliphatic hydroxyl groups excluding tert-OH is 1. The molecule has 0 amide bonds. The Hall–Kier alpha value is -1.38. The molecule has 5 nitrogen and oxygen atoms in total. The molecule has 0 aliphatic rings. The van der Waals surface area contributed by atoms with Crippen LogP contribution in [0.4, 0.5) is 18.9 Å². The molecule has 9 heteroatoms. The Morgan fingerprint density at radius 1 is 1.50 bits per heavy atom. The Labute approximate surface area is 106 Å². The van der Waals surface area contributed by atoms with Crippen LogP contribution in [0.15, 0.2) is 18.2 Å². The van der Waals surface area contributed by atoms with Gasteiger partial charge >= 0.3 is 0 Å². The summed E-state index contributed by atoms with van der Waals surface area (Å²) in [6, 6.07) is -0.0703. The third-order valence-electron chi connectivity index (χ3n) is 2.19. The van der Waals surface area contributed by atoms with Crippen LogP contribution in [0.3, 0.4) is 0 Å². The van der Waals surface area contributed by atoms with Gasteiger partial charge in [0, 0.05) is 6.07 Å². The molecule has 0 aliphatic heterocycles. The number of nitrogens with two attached hydrogens (primary N) is 1. The number of benzene rings is 1. The summed E-state index contributed by atoms with van der Waals surface area (Å²) in [6.45, 7) is -1.58. The number of hydrogen-bond acceptors (Lipinski definition) is 4. The summed E-state index contributed by atoms with van der Waals surface area (Å²) in [5.41, 5.74) is 3.74. The molecule has 0 spiro atoms. The Balaban J connectivity index is 0.00000289. The summed E-state index contributed by atoms with van der Waals surface area (Å²) < 4.78 is 39.1. The molecule has 0 aliphatic carbocycles. The number of hydrogen-bond donors (Lipinski definition) is 2. The lowest BCUT2D eigenvalue weighted by Gasteiger charge is -2.21. The Morgan fingerprint density at radius 3 is 2.50 bits per heavy atom. The minimum absolute atomic E-state index is 0. The van der Waals surface area contributed by atoms with Gasteiger partial charge in [-0.2, -0.15) is 0 Å². The molecule has 0 aromatic heterocycles. The average molecular weight is 287 g/mol. The number of halogens is 4. The lowest BCUT2D eigenvalue weighted by Crippen LogP contribution is -2.36. The largest absolute Gasteiger partial charge is 0.390 e. The lowest BCUT2D eigenvalue weighted by molar-refractivity contribution is -0.386. The molecule has 0 heterocycles. The van der Waals surface area contributed by atoms with E-state index in [1.54, 1.807) is 0 Å². The van der Waals surface area contributed by atoms with Crippen LogP contribution in [-0.4, -0.2) is 22.6 Å². The third kappa shape index (κ3) is 3.31. The average Bonchev–Trinajstić information content (AvgIpc) is 2.27. The summed E-state index contributed by atoms with van der Waals surface area (Å²) in [6.07, 6.45) is 0. The van der Waals surface area contributed by atoms with E-state index in [0.29, 0.717) is 6.07 Å². The van der Waals surface area contributed by atoms with Gasteiger partial charge in [-0.15, -0.1) is 12.4 Å². The van der Waals surface area contributed by atoms with E-state index >= 15 is 0 Å². The minimum Gasteiger partial charge on any atom is -0.390 e. The highest BCUT2D eigenvalue weighted by Crippen LogP contribution is 2.34. The molecule has 3 N–H and O–H groups in total. The first kappa shape index (κ1) is 16.6. The van der Waals surface area contributed by atoms with Crippen LogP contribution in [0, 0.1) is 15.9 Å². The quantitative estimate of drug-likeness (QED) is 0.652. The third-order valence-corrected chi connectivity index (χ3v) is 2.19. The molecular weight excluding hydrogens is 277 g/mol. The van der Waals surface area contributed by atoms with Crippen LogP contribution >= 0.6 is 12.4 Å². The Bertz CT molecular complexity index is 445. The summed E-state index contributed by atoms with van der Waals surface area (Å²) in [4.78, 5) is 9.63. The molecule has 0 radical (unpaired) electrons. The molecule has 1 atom stereocenters. The molecule has 0 bridgehead atoms. The Morgan fingerprint density at radius 2 is 2.06 bits per heavy atom. The molecule has 18 heavy (non-hydrogen) atoms. The van der Waals surface area contributed by atoms with Gasteiger partial charge < -0.3 is 10.8 Å². The van der Waals surface area contributed by atoms with Gasteiger partial charge in [-0.25, -0.2) is 13.2 Å². The number of alkyl halides is 2. The first-order valence-corrected chi connectivity index (χ1v) is 4.47. The molecule has 0 fully saturated rings. The molecule has 1 rings (SSSR count). The van der Waals surface area contributed by atoms with Gasteiger partial charge in [0.2, 0.25) is 0 Å². The van der Waals surface area contributed by atoms with Crippen LogP contribution in [0.25, 0.3) is 0 Å². The molecule has 102 valence electrons. The van der Waals surface area contributed by atoms with Gasteiger partial charge in [0.1, 0.15) is 18.5 Å². The van der Waals surface area contributed by atoms with E-state index in [-0.39, 0.29) is 12.4 Å². The first-order valence-electron chi connectivity index (χ1n) is 4.47. The van der Waals surface area contributed by atoms with Crippen molar-refractivity contribution in [3.63, 3.8) is 0 Å². The highest BCUT2D eigenvalue weighted by Gasteiger charge is 2.40. The zero-order valence-electron chi connectivity index (χ0n) is 8.85. The summed E-state index contributed by atoms with van der Waals surface area (Å²) in [5, 5.41) is 19.0. The van der Waals surface area contributed by atoms with Gasteiger partial charge in [0.25, 0.3) is 11.6 Å². The highest BCUT2D eigenvalue weighted by molar-refractivity contribution is 5.85. The van der Waals surface area contributed by atoms with Crippen molar-refractivity contribution in [3.05, 3.63) is 39.7 Å². The summed E-state index contributed by atoms with van der Waals surface area (Å²) in [7, 11) is 0. The molecule has 0 unspecified atom stereocenters. The summed E-state index contributed by atoms with van der Waals surface area (Å²) >= 11 is 0. The van der Waals surface area contributed by atoms with Crippen molar-refractivity contribution in [1.82, 2.24) is 0 Å². The molecule has 0 saturated heterocycles. The predicted octanol–water partition coefficient (Wildman–Crippen LogP) is 1.78. The van der Waals surface area contributed by atoms with Crippen molar-refractivity contribution in [2.45, 2.75) is 12.0 Å². The lowest BCUT2D eigenvalue weighted by atomic mass is 10.00. The van der Waals surface area contributed by atoms with Crippen LogP contribution in [-0.2, 0) is 0 Å². The Kier molecular flexibility index (Phi) is 5.53. The topological polar surface area (TPSA) is 89.4 Å². The highest BCUT2D eigenvalue weighted by atomic mass is 35.5. The monoisotopic (exact) mass is 286 g/mol. The molecule has 1 aromatic rings. The maximum atomic E-state index is 13.1. The van der Waals surface area contributed by atoms with E-state index in [2.05, 4.69) is 0 Å². The van der Waals surface area contributed by atoms with Crippen molar-refractivity contribution in [3.8, 4) is 0 Å². The molecule has 0 saturated carbocycles. The van der Waals surface area contributed by atoms with Crippen molar-refractivity contribution in [2.24, 2.45) is 5.73 Å². The van der Waals surface area contributed by atoms with Gasteiger partial charge in [0.15, 0.2) is 0 Å².